The minimum absolute atomic E-state index is 0.463. The fourth-order valence-corrected chi connectivity index (χ4v) is 1.80. The molecule has 0 amide bonds. The molecule has 130 valence electrons. The second kappa shape index (κ2) is 8.81. The van der Waals surface area contributed by atoms with Gasteiger partial charge in [-0.1, -0.05) is 6.07 Å². The van der Waals surface area contributed by atoms with Crippen molar-refractivity contribution in [3.63, 3.8) is 0 Å². The molecule has 4 nitrogen and oxygen atoms in total. The van der Waals surface area contributed by atoms with Crippen LogP contribution in [0.2, 0.25) is 0 Å². The zero-order valence-electron chi connectivity index (χ0n) is 13.4. The van der Waals surface area contributed by atoms with E-state index >= 15 is 0 Å². The van der Waals surface area contributed by atoms with E-state index in [-0.39, 0.29) is 0 Å². The van der Waals surface area contributed by atoms with Crippen LogP contribution in [0.1, 0.15) is 22.8 Å². The molecule has 0 bridgehead atoms. The molecule has 0 atom stereocenters. The number of carbonyl (C=O) groups excluding carboxylic acids is 1. The van der Waals surface area contributed by atoms with Gasteiger partial charge in [-0.15, -0.1) is 0 Å². The average molecular weight is 340 g/mol. The van der Waals surface area contributed by atoms with Crippen molar-refractivity contribution in [2.45, 2.75) is 13.1 Å². The number of anilines is 2. The van der Waals surface area contributed by atoms with E-state index in [4.69, 9.17) is 10.5 Å². The molecular formula is C17H19F3N2O2. The van der Waals surface area contributed by atoms with Crippen LogP contribution in [0.15, 0.2) is 42.5 Å². The third-order valence-electron chi connectivity index (χ3n) is 2.94. The molecule has 0 spiro atoms. The smallest absolute Gasteiger partial charge is 0.416 e. The van der Waals surface area contributed by atoms with Crippen molar-refractivity contribution in [1.82, 2.24) is 0 Å². The number of ether oxygens (including phenoxy) is 1. The van der Waals surface area contributed by atoms with E-state index in [0.29, 0.717) is 29.3 Å². The highest BCUT2D eigenvalue weighted by Gasteiger charge is 2.30. The number of aldehydes is 1. The standard InChI is InChI=1S/C9H11NO2.C8H8F3N/c1-2-12-9-4-3-8(10)5-7(9)6-11;1-12-7-4-2-3-6(5-7)8(9,10)11/h3-6H,2,10H2,1H3;2-5,12H,1H3. The first-order chi connectivity index (χ1) is 11.3. The highest BCUT2D eigenvalue weighted by molar-refractivity contribution is 5.81. The molecule has 0 radical (unpaired) electrons. The molecule has 7 heteroatoms. The van der Waals surface area contributed by atoms with Crippen molar-refractivity contribution in [3.8, 4) is 5.75 Å². The van der Waals surface area contributed by atoms with Crippen LogP contribution in [0.25, 0.3) is 0 Å². The maximum atomic E-state index is 12.1. The minimum Gasteiger partial charge on any atom is -0.493 e. The van der Waals surface area contributed by atoms with Crippen LogP contribution in [-0.2, 0) is 6.18 Å². The van der Waals surface area contributed by atoms with E-state index in [1.165, 1.54) is 6.07 Å². The van der Waals surface area contributed by atoms with Crippen LogP contribution in [0.5, 0.6) is 5.75 Å². The predicted molar refractivity (Wildman–Crippen MR) is 88.4 cm³/mol. The number of nitrogens with one attached hydrogen (secondary N) is 1. The second-order valence-corrected chi connectivity index (χ2v) is 4.68. The van der Waals surface area contributed by atoms with Gasteiger partial charge in [0.25, 0.3) is 0 Å². The van der Waals surface area contributed by atoms with E-state index in [2.05, 4.69) is 5.32 Å². The molecule has 0 saturated carbocycles. The molecule has 24 heavy (non-hydrogen) atoms. The van der Waals surface area contributed by atoms with Gasteiger partial charge in [0.2, 0.25) is 0 Å². The third-order valence-corrected chi connectivity index (χ3v) is 2.94. The Hall–Kier alpha value is -2.70. The largest absolute Gasteiger partial charge is 0.493 e. The van der Waals surface area contributed by atoms with Crippen molar-refractivity contribution in [1.29, 1.82) is 0 Å². The van der Waals surface area contributed by atoms with Gasteiger partial charge in [-0.05, 0) is 43.3 Å². The molecule has 0 fully saturated rings. The molecule has 0 saturated heterocycles. The van der Waals surface area contributed by atoms with Gasteiger partial charge in [0.15, 0.2) is 6.29 Å². The van der Waals surface area contributed by atoms with Gasteiger partial charge >= 0.3 is 6.18 Å². The normalized spacial score (nSPS) is 10.4. The van der Waals surface area contributed by atoms with E-state index in [9.17, 15) is 18.0 Å². The highest BCUT2D eigenvalue weighted by atomic mass is 19.4. The van der Waals surface area contributed by atoms with E-state index in [0.717, 1.165) is 18.4 Å². The number of hydrogen-bond acceptors (Lipinski definition) is 4. The second-order valence-electron chi connectivity index (χ2n) is 4.68. The van der Waals surface area contributed by atoms with Gasteiger partial charge < -0.3 is 15.8 Å². The molecule has 0 unspecified atom stereocenters. The van der Waals surface area contributed by atoms with E-state index in [1.54, 1.807) is 31.3 Å². The van der Waals surface area contributed by atoms with Gasteiger partial charge in [-0.2, -0.15) is 13.2 Å². The lowest BCUT2D eigenvalue weighted by atomic mass is 10.2. The molecule has 0 aromatic heterocycles. The summed E-state index contributed by atoms with van der Waals surface area (Å²) >= 11 is 0. The Labute approximate surface area is 138 Å². The van der Waals surface area contributed by atoms with Crippen molar-refractivity contribution in [3.05, 3.63) is 53.6 Å². The Morgan fingerprint density at radius 3 is 2.46 bits per heavy atom. The lowest BCUT2D eigenvalue weighted by Gasteiger charge is -2.07. The Bertz CT molecular complexity index is 673. The van der Waals surface area contributed by atoms with Crippen LogP contribution < -0.4 is 15.8 Å². The monoisotopic (exact) mass is 340 g/mol. The number of benzene rings is 2. The van der Waals surface area contributed by atoms with Gasteiger partial charge in [0, 0.05) is 18.4 Å². The topological polar surface area (TPSA) is 64.3 Å². The van der Waals surface area contributed by atoms with Crippen LogP contribution in [-0.4, -0.2) is 19.9 Å². The number of hydrogen-bond donors (Lipinski definition) is 2. The number of alkyl halides is 3. The average Bonchev–Trinajstić information content (AvgIpc) is 2.56. The summed E-state index contributed by atoms with van der Waals surface area (Å²) in [4.78, 5) is 10.5. The van der Waals surface area contributed by atoms with Crippen molar-refractivity contribution < 1.29 is 22.7 Å². The fourth-order valence-electron chi connectivity index (χ4n) is 1.80. The van der Waals surface area contributed by atoms with Crippen molar-refractivity contribution in [2.75, 3.05) is 24.7 Å². The third kappa shape index (κ3) is 5.83. The molecule has 0 heterocycles. The van der Waals surface area contributed by atoms with Crippen LogP contribution >= 0.6 is 0 Å². The van der Waals surface area contributed by atoms with Crippen LogP contribution in [0, 0.1) is 0 Å². The first-order valence-corrected chi connectivity index (χ1v) is 7.14. The van der Waals surface area contributed by atoms with E-state index < -0.39 is 11.7 Å². The lowest BCUT2D eigenvalue weighted by Crippen LogP contribution is -2.04. The summed E-state index contributed by atoms with van der Waals surface area (Å²) in [6, 6.07) is 10.1. The van der Waals surface area contributed by atoms with Crippen molar-refractivity contribution >= 4 is 17.7 Å². The SMILES string of the molecule is CCOc1ccc(N)cc1C=O.CNc1cccc(C(F)(F)F)c1. The van der Waals surface area contributed by atoms with Gasteiger partial charge in [0.1, 0.15) is 5.75 Å². The lowest BCUT2D eigenvalue weighted by molar-refractivity contribution is -0.137. The number of nitrogen functional groups attached to an aromatic ring is 1. The van der Waals surface area contributed by atoms with Crippen LogP contribution in [0.4, 0.5) is 24.5 Å². The molecule has 2 aromatic carbocycles. The number of carbonyl (C=O) groups is 1. The Kier molecular flexibility index (Phi) is 7.10. The Morgan fingerprint density at radius 1 is 1.21 bits per heavy atom. The van der Waals surface area contributed by atoms with E-state index in [1.807, 2.05) is 6.92 Å². The fraction of sp³-hybridized carbons (Fsp3) is 0.235. The number of nitrogens with two attached hydrogens (primary N) is 1. The molecule has 3 N–H and O–H groups in total. The zero-order chi connectivity index (χ0) is 18.2. The number of halogens is 3. The predicted octanol–water partition coefficient (Wildman–Crippen LogP) is 4.23. The van der Waals surface area contributed by atoms with Crippen molar-refractivity contribution in [2.24, 2.45) is 0 Å². The summed E-state index contributed by atoms with van der Waals surface area (Å²) < 4.78 is 41.4. The van der Waals surface area contributed by atoms with Crippen LogP contribution in [0.3, 0.4) is 0 Å². The molecule has 0 aliphatic rings. The summed E-state index contributed by atoms with van der Waals surface area (Å²) in [7, 11) is 1.58. The molecular weight excluding hydrogens is 321 g/mol. The van der Waals surface area contributed by atoms with Gasteiger partial charge in [-0.3, -0.25) is 4.79 Å². The maximum Gasteiger partial charge on any atom is 0.416 e. The zero-order valence-corrected chi connectivity index (χ0v) is 13.4. The highest BCUT2D eigenvalue weighted by Crippen LogP contribution is 2.30. The summed E-state index contributed by atoms with van der Waals surface area (Å²) in [6.45, 7) is 2.41. The molecule has 0 aliphatic carbocycles. The number of rotatable bonds is 4. The van der Waals surface area contributed by atoms with Gasteiger partial charge in [0.05, 0.1) is 17.7 Å². The summed E-state index contributed by atoms with van der Waals surface area (Å²) in [5.74, 6) is 0.585. The minimum atomic E-state index is -4.26. The Balaban J connectivity index is 0.000000240. The summed E-state index contributed by atoms with van der Waals surface area (Å²) in [6.07, 6.45) is -3.52. The summed E-state index contributed by atoms with van der Waals surface area (Å²) in [5.41, 5.74) is 6.38. The molecule has 0 aliphatic heterocycles. The maximum absolute atomic E-state index is 12.1. The Morgan fingerprint density at radius 2 is 1.92 bits per heavy atom. The first kappa shape index (κ1) is 19.3. The first-order valence-electron chi connectivity index (χ1n) is 7.14. The molecule has 2 aromatic rings. The summed E-state index contributed by atoms with van der Waals surface area (Å²) in [5, 5.41) is 2.64. The quantitative estimate of drug-likeness (QED) is 0.646. The van der Waals surface area contributed by atoms with Gasteiger partial charge in [-0.25, -0.2) is 0 Å². The molecule has 2 rings (SSSR count).